The Hall–Kier alpha value is -2.28. The molecule has 0 aromatic carbocycles. The molecule has 2 aliphatic rings. The van der Waals surface area contributed by atoms with E-state index in [4.69, 9.17) is 4.74 Å². The average molecular weight is 299 g/mol. The minimum absolute atomic E-state index is 0.0242. The number of likely N-dealkylation sites (tertiary alicyclic amines) is 1. The number of ether oxygens (including phenoxy) is 1. The maximum Gasteiger partial charge on any atom is 0.255 e. The third kappa shape index (κ3) is 2.09. The van der Waals surface area contributed by atoms with E-state index in [1.807, 2.05) is 22.6 Å². The smallest absolute Gasteiger partial charge is 0.255 e. The van der Waals surface area contributed by atoms with E-state index in [1.54, 1.807) is 18.5 Å². The van der Waals surface area contributed by atoms with E-state index < -0.39 is 0 Å². The van der Waals surface area contributed by atoms with Crippen molar-refractivity contribution in [3.05, 3.63) is 41.5 Å². The summed E-state index contributed by atoms with van der Waals surface area (Å²) in [5.41, 5.74) is 2.43. The number of piperidine rings is 1. The molecule has 0 unspecified atom stereocenters. The zero-order valence-corrected chi connectivity index (χ0v) is 12.3. The zero-order valence-electron chi connectivity index (χ0n) is 12.3. The van der Waals surface area contributed by atoms with Crippen LogP contribution in [0, 0.1) is 6.92 Å². The quantitative estimate of drug-likeness (QED) is 0.784. The largest absolute Gasteiger partial charge is 0.368 e. The summed E-state index contributed by atoms with van der Waals surface area (Å²) < 4.78 is 7.85. The molecule has 4 heterocycles. The fourth-order valence-electron chi connectivity index (χ4n) is 3.25. The first-order chi connectivity index (χ1) is 10.7. The van der Waals surface area contributed by atoms with E-state index in [2.05, 4.69) is 15.3 Å². The second-order valence-corrected chi connectivity index (χ2v) is 5.76. The third-order valence-electron chi connectivity index (χ3n) is 4.46. The lowest BCUT2D eigenvalue weighted by atomic mass is 9.99. The van der Waals surface area contributed by atoms with E-state index in [0.717, 1.165) is 17.8 Å². The molecular formula is C15H17N5O2. The number of hydrogen-bond acceptors (Lipinski definition) is 5. The number of rotatable bonds is 1. The van der Waals surface area contributed by atoms with Crippen molar-refractivity contribution in [1.82, 2.24) is 24.9 Å². The molecule has 0 N–H and O–H groups in total. The van der Waals surface area contributed by atoms with Crippen molar-refractivity contribution in [3.63, 3.8) is 0 Å². The van der Waals surface area contributed by atoms with Crippen LogP contribution in [0.2, 0.25) is 0 Å². The van der Waals surface area contributed by atoms with Crippen LogP contribution >= 0.6 is 0 Å². The Bertz CT molecular complexity index is 713. The first-order valence-corrected chi connectivity index (χ1v) is 7.45. The summed E-state index contributed by atoms with van der Waals surface area (Å²) in [6.07, 6.45) is 4.25. The van der Waals surface area contributed by atoms with Crippen LogP contribution in [0.15, 0.2) is 24.5 Å². The minimum atomic E-state index is -0.0242. The molecule has 1 amide bonds. The van der Waals surface area contributed by atoms with Gasteiger partial charge in [0.15, 0.2) is 0 Å². The van der Waals surface area contributed by atoms with Crippen molar-refractivity contribution >= 4 is 5.91 Å². The lowest BCUT2D eigenvalue weighted by molar-refractivity contribution is -0.0627. The number of fused-ring (bicyclic) bond motifs is 3. The SMILES string of the molecule is Cc1ncccc1C(=O)N1CC[C@H]2[C@H](C1)OCc1cnnn12. The monoisotopic (exact) mass is 299 g/mol. The van der Waals surface area contributed by atoms with Crippen LogP contribution in [0.3, 0.4) is 0 Å². The first kappa shape index (κ1) is 13.4. The van der Waals surface area contributed by atoms with Gasteiger partial charge in [0, 0.05) is 25.0 Å². The molecule has 0 aliphatic carbocycles. The summed E-state index contributed by atoms with van der Waals surface area (Å²) >= 11 is 0. The second kappa shape index (κ2) is 5.17. The van der Waals surface area contributed by atoms with Crippen molar-refractivity contribution in [2.75, 3.05) is 13.1 Å². The van der Waals surface area contributed by atoms with Crippen molar-refractivity contribution in [3.8, 4) is 0 Å². The van der Waals surface area contributed by atoms with Crippen molar-refractivity contribution in [2.24, 2.45) is 0 Å². The second-order valence-electron chi connectivity index (χ2n) is 5.76. The summed E-state index contributed by atoms with van der Waals surface area (Å²) in [5, 5.41) is 8.11. The molecule has 0 saturated carbocycles. The number of aryl methyl sites for hydroxylation is 1. The van der Waals surface area contributed by atoms with Gasteiger partial charge in [-0.2, -0.15) is 0 Å². The van der Waals surface area contributed by atoms with Gasteiger partial charge in [-0.3, -0.25) is 9.78 Å². The first-order valence-electron chi connectivity index (χ1n) is 7.45. The van der Waals surface area contributed by atoms with E-state index >= 15 is 0 Å². The van der Waals surface area contributed by atoms with Crippen molar-refractivity contribution in [1.29, 1.82) is 0 Å². The molecule has 7 heteroatoms. The van der Waals surface area contributed by atoms with Gasteiger partial charge in [0.25, 0.3) is 5.91 Å². The van der Waals surface area contributed by atoms with Gasteiger partial charge in [-0.1, -0.05) is 5.21 Å². The summed E-state index contributed by atoms with van der Waals surface area (Å²) in [7, 11) is 0. The van der Waals surface area contributed by atoms with Gasteiger partial charge in [-0.05, 0) is 25.5 Å². The summed E-state index contributed by atoms with van der Waals surface area (Å²) in [6.45, 7) is 3.63. The number of aromatic nitrogens is 4. The fraction of sp³-hybridized carbons (Fsp3) is 0.467. The Balaban J connectivity index is 1.54. The molecule has 2 atom stereocenters. The van der Waals surface area contributed by atoms with E-state index in [9.17, 15) is 4.79 Å². The van der Waals surface area contributed by atoms with Gasteiger partial charge < -0.3 is 9.64 Å². The van der Waals surface area contributed by atoms with E-state index in [0.29, 0.717) is 25.3 Å². The number of carbonyl (C=O) groups excluding carboxylic acids is 1. The van der Waals surface area contributed by atoms with Crippen LogP contribution in [-0.4, -0.2) is 50.0 Å². The summed E-state index contributed by atoms with van der Waals surface area (Å²) in [4.78, 5) is 18.7. The van der Waals surface area contributed by atoms with Crippen LogP contribution in [0.1, 0.15) is 34.2 Å². The molecule has 22 heavy (non-hydrogen) atoms. The van der Waals surface area contributed by atoms with Crippen molar-refractivity contribution < 1.29 is 9.53 Å². The normalized spacial score (nSPS) is 23.8. The lowest BCUT2D eigenvalue weighted by Crippen LogP contribution is -2.50. The highest BCUT2D eigenvalue weighted by molar-refractivity contribution is 5.95. The van der Waals surface area contributed by atoms with Gasteiger partial charge in [0.2, 0.25) is 0 Å². The highest BCUT2D eigenvalue weighted by atomic mass is 16.5. The Morgan fingerprint density at radius 1 is 1.45 bits per heavy atom. The maximum absolute atomic E-state index is 12.7. The highest BCUT2D eigenvalue weighted by Gasteiger charge is 2.38. The highest BCUT2D eigenvalue weighted by Crippen LogP contribution is 2.31. The predicted molar refractivity (Wildman–Crippen MR) is 77.1 cm³/mol. The summed E-state index contributed by atoms with van der Waals surface area (Å²) in [5.74, 6) is 0.0250. The number of amides is 1. The van der Waals surface area contributed by atoms with Crippen LogP contribution in [0.4, 0.5) is 0 Å². The Morgan fingerprint density at radius 3 is 3.23 bits per heavy atom. The van der Waals surface area contributed by atoms with Gasteiger partial charge in [-0.25, -0.2) is 4.68 Å². The molecule has 0 radical (unpaired) electrons. The molecule has 1 fully saturated rings. The fourth-order valence-corrected chi connectivity index (χ4v) is 3.25. The topological polar surface area (TPSA) is 73.1 Å². The number of carbonyl (C=O) groups is 1. The molecule has 2 aromatic heterocycles. The molecule has 2 aromatic rings. The molecule has 1 saturated heterocycles. The van der Waals surface area contributed by atoms with Crippen LogP contribution < -0.4 is 0 Å². The molecule has 7 nitrogen and oxygen atoms in total. The third-order valence-corrected chi connectivity index (χ3v) is 4.46. The standard InChI is InChI=1S/C15H17N5O2/c1-10-12(3-2-5-16-10)15(21)19-6-4-13-14(8-19)22-9-11-7-17-18-20(11)13/h2-3,5,7,13-14H,4,6,8-9H2,1H3/t13-,14-/m0/s1. The number of hydrogen-bond donors (Lipinski definition) is 0. The molecule has 114 valence electrons. The van der Waals surface area contributed by atoms with Gasteiger partial charge in [0.1, 0.15) is 0 Å². The van der Waals surface area contributed by atoms with Gasteiger partial charge in [-0.15, -0.1) is 5.10 Å². The lowest BCUT2D eigenvalue weighted by Gasteiger charge is -2.41. The van der Waals surface area contributed by atoms with Gasteiger partial charge >= 0.3 is 0 Å². The summed E-state index contributed by atoms with van der Waals surface area (Å²) in [6, 6.07) is 3.80. The molecule has 4 rings (SSSR count). The van der Waals surface area contributed by atoms with Crippen molar-refractivity contribution in [2.45, 2.75) is 32.1 Å². The zero-order chi connectivity index (χ0) is 15.1. The minimum Gasteiger partial charge on any atom is -0.368 e. The number of nitrogens with zero attached hydrogens (tertiary/aromatic N) is 5. The van der Waals surface area contributed by atoms with Crippen LogP contribution in [0.5, 0.6) is 0 Å². The maximum atomic E-state index is 12.7. The molecule has 0 bridgehead atoms. The number of pyridine rings is 1. The predicted octanol–water partition coefficient (Wildman–Crippen LogP) is 0.968. The van der Waals surface area contributed by atoms with E-state index in [1.165, 1.54) is 0 Å². The van der Waals surface area contributed by atoms with Gasteiger partial charge in [0.05, 0.1) is 36.2 Å². The van der Waals surface area contributed by atoms with Crippen LogP contribution in [0.25, 0.3) is 0 Å². The molecular weight excluding hydrogens is 282 g/mol. The Labute approximate surface area is 127 Å². The average Bonchev–Trinajstić information content (AvgIpc) is 3.03. The molecule has 2 aliphatic heterocycles. The molecule has 0 spiro atoms. The Kier molecular flexibility index (Phi) is 3.15. The van der Waals surface area contributed by atoms with Crippen LogP contribution in [-0.2, 0) is 11.3 Å². The van der Waals surface area contributed by atoms with E-state index in [-0.39, 0.29) is 18.1 Å². The Morgan fingerprint density at radius 2 is 2.36 bits per heavy atom.